The van der Waals surface area contributed by atoms with Crippen molar-refractivity contribution < 1.29 is 5.11 Å². The van der Waals surface area contributed by atoms with Gasteiger partial charge in [0, 0.05) is 15.8 Å². The lowest BCUT2D eigenvalue weighted by atomic mass is 10.2. The van der Waals surface area contributed by atoms with Crippen LogP contribution < -0.4 is 5.32 Å². The number of halogens is 1. The molecule has 2 N–H and O–H groups in total. The van der Waals surface area contributed by atoms with Crippen LogP contribution in [0.15, 0.2) is 24.3 Å². The van der Waals surface area contributed by atoms with E-state index in [0.29, 0.717) is 6.54 Å². The van der Waals surface area contributed by atoms with Crippen LogP contribution in [0.25, 0.3) is 0 Å². The standard InChI is InChI=1S/C10H14INO/c1-2-10(13)7-12-9-5-3-4-8(11)6-9/h3-6,10,12-13H,2,7H2,1H3. The molecule has 0 heterocycles. The number of nitrogens with one attached hydrogen (secondary N) is 1. The molecule has 2 nitrogen and oxygen atoms in total. The molecule has 0 saturated carbocycles. The van der Waals surface area contributed by atoms with Crippen LogP contribution in [0.2, 0.25) is 0 Å². The van der Waals surface area contributed by atoms with Gasteiger partial charge >= 0.3 is 0 Å². The normalized spacial score (nSPS) is 12.5. The Hall–Kier alpha value is -0.290. The second-order valence-corrected chi connectivity index (χ2v) is 4.20. The van der Waals surface area contributed by atoms with E-state index < -0.39 is 0 Å². The molecule has 1 rings (SSSR count). The first-order chi connectivity index (χ1) is 6.22. The van der Waals surface area contributed by atoms with Gasteiger partial charge in [0.05, 0.1) is 6.10 Å². The minimum Gasteiger partial charge on any atom is -0.391 e. The van der Waals surface area contributed by atoms with Gasteiger partial charge in [-0.2, -0.15) is 0 Å². The Labute approximate surface area is 92.5 Å². The van der Waals surface area contributed by atoms with E-state index in [1.165, 1.54) is 3.57 Å². The molecular weight excluding hydrogens is 277 g/mol. The molecule has 0 saturated heterocycles. The lowest BCUT2D eigenvalue weighted by Crippen LogP contribution is -2.18. The molecule has 1 aromatic rings. The predicted octanol–water partition coefficient (Wildman–Crippen LogP) is 2.47. The van der Waals surface area contributed by atoms with E-state index in [2.05, 4.69) is 34.0 Å². The second kappa shape index (κ2) is 5.44. The maximum atomic E-state index is 9.32. The summed E-state index contributed by atoms with van der Waals surface area (Å²) in [7, 11) is 0. The van der Waals surface area contributed by atoms with E-state index in [9.17, 15) is 5.11 Å². The van der Waals surface area contributed by atoms with Gasteiger partial charge in [0.2, 0.25) is 0 Å². The second-order valence-electron chi connectivity index (χ2n) is 2.95. The number of hydrogen-bond acceptors (Lipinski definition) is 2. The smallest absolute Gasteiger partial charge is 0.0709 e. The minimum absolute atomic E-state index is 0.252. The molecule has 0 aliphatic carbocycles. The molecule has 0 aliphatic rings. The lowest BCUT2D eigenvalue weighted by molar-refractivity contribution is 0.183. The van der Waals surface area contributed by atoms with Crippen molar-refractivity contribution in [1.29, 1.82) is 0 Å². The summed E-state index contributed by atoms with van der Waals surface area (Å²) in [5.41, 5.74) is 1.07. The summed E-state index contributed by atoms with van der Waals surface area (Å²) >= 11 is 2.27. The highest BCUT2D eigenvalue weighted by atomic mass is 127. The zero-order valence-electron chi connectivity index (χ0n) is 7.63. The molecule has 0 aromatic heterocycles. The van der Waals surface area contributed by atoms with E-state index >= 15 is 0 Å². The van der Waals surface area contributed by atoms with Crippen LogP contribution in [0, 0.1) is 3.57 Å². The van der Waals surface area contributed by atoms with Crippen molar-refractivity contribution in [2.45, 2.75) is 19.4 Å². The Morgan fingerprint density at radius 2 is 2.31 bits per heavy atom. The zero-order chi connectivity index (χ0) is 9.68. The van der Waals surface area contributed by atoms with Crippen LogP contribution >= 0.6 is 22.6 Å². The van der Waals surface area contributed by atoms with Gasteiger partial charge in [0.1, 0.15) is 0 Å². The molecule has 72 valence electrons. The highest BCUT2D eigenvalue weighted by Crippen LogP contribution is 2.12. The number of hydrogen-bond donors (Lipinski definition) is 2. The number of aliphatic hydroxyl groups excluding tert-OH is 1. The maximum Gasteiger partial charge on any atom is 0.0709 e. The first-order valence-corrected chi connectivity index (χ1v) is 5.47. The largest absolute Gasteiger partial charge is 0.391 e. The van der Waals surface area contributed by atoms with Gasteiger partial charge in [-0.1, -0.05) is 13.0 Å². The Morgan fingerprint density at radius 1 is 1.54 bits per heavy atom. The van der Waals surface area contributed by atoms with Crippen molar-refractivity contribution in [3.05, 3.63) is 27.8 Å². The van der Waals surface area contributed by atoms with E-state index in [1.54, 1.807) is 0 Å². The third-order valence-electron chi connectivity index (χ3n) is 1.84. The average Bonchev–Trinajstić information content (AvgIpc) is 2.14. The highest BCUT2D eigenvalue weighted by molar-refractivity contribution is 14.1. The molecule has 0 radical (unpaired) electrons. The quantitative estimate of drug-likeness (QED) is 0.835. The summed E-state index contributed by atoms with van der Waals surface area (Å²) in [5.74, 6) is 0. The summed E-state index contributed by atoms with van der Waals surface area (Å²) < 4.78 is 1.20. The monoisotopic (exact) mass is 291 g/mol. The Balaban J connectivity index is 2.45. The molecular formula is C10H14INO. The Morgan fingerprint density at radius 3 is 2.92 bits per heavy atom. The fraction of sp³-hybridized carbons (Fsp3) is 0.400. The Bertz CT molecular complexity index is 265. The van der Waals surface area contributed by atoms with E-state index in [-0.39, 0.29) is 6.10 Å². The van der Waals surface area contributed by atoms with Crippen molar-refractivity contribution in [3.63, 3.8) is 0 Å². The summed E-state index contributed by atoms with van der Waals surface area (Å²) in [6.45, 7) is 2.59. The highest BCUT2D eigenvalue weighted by Gasteiger charge is 1.99. The van der Waals surface area contributed by atoms with Crippen LogP contribution in [0.3, 0.4) is 0 Å². The number of anilines is 1. The summed E-state index contributed by atoms with van der Waals surface area (Å²) in [4.78, 5) is 0. The van der Waals surface area contributed by atoms with Crippen LogP contribution in [-0.2, 0) is 0 Å². The molecule has 0 bridgehead atoms. The molecule has 0 amide bonds. The first kappa shape index (κ1) is 10.8. The number of benzene rings is 1. The van der Waals surface area contributed by atoms with Gasteiger partial charge < -0.3 is 10.4 Å². The maximum absolute atomic E-state index is 9.32. The van der Waals surface area contributed by atoms with Crippen LogP contribution in [0.5, 0.6) is 0 Å². The number of rotatable bonds is 4. The van der Waals surface area contributed by atoms with Crippen molar-refractivity contribution in [2.24, 2.45) is 0 Å². The lowest BCUT2D eigenvalue weighted by Gasteiger charge is -2.10. The molecule has 1 unspecified atom stereocenters. The van der Waals surface area contributed by atoms with Crippen LogP contribution in [0.4, 0.5) is 5.69 Å². The zero-order valence-corrected chi connectivity index (χ0v) is 9.78. The van der Waals surface area contributed by atoms with Gasteiger partial charge in [-0.3, -0.25) is 0 Å². The van der Waals surface area contributed by atoms with Gasteiger partial charge in [-0.25, -0.2) is 0 Å². The number of aliphatic hydroxyl groups is 1. The third kappa shape index (κ3) is 3.95. The predicted molar refractivity (Wildman–Crippen MR) is 63.9 cm³/mol. The van der Waals surface area contributed by atoms with Gasteiger partial charge in [0.25, 0.3) is 0 Å². The topological polar surface area (TPSA) is 32.3 Å². The van der Waals surface area contributed by atoms with Gasteiger partial charge in [-0.15, -0.1) is 0 Å². The molecule has 3 heteroatoms. The fourth-order valence-electron chi connectivity index (χ4n) is 0.978. The summed E-state index contributed by atoms with van der Waals surface area (Å²) in [6.07, 6.45) is 0.537. The van der Waals surface area contributed by atoms with Crippen molar-refractivity contribution in [3.8, 4) is 0 Å². The van der Waals surface area contributed by atoms with E-state index in [4.69, 9.17) is 0 Å². The van der Waals surface area contributed by atoms with Crippen molar-refractivity contribution in [2.75, 3.05) is 11.9 Å². The van der Waals surface area contributed by atoms with Crippen molar-refractivity contribution in [1.82, 2.24) is 0 Å². The van der Waals surface area contributed by atoms with Crippen LogP contribution in [-0.4, -0.2) is 17.8 Å². The molecule has 0 fully saturated rings. The molecule has 13 heavy (non-hydrogen) atoms. The third-order valence-corrected chi connectivity index (χ3v) is 2.51. The van der Waals surface area contributed by atoms with E-state index in [0.717, 1.165) is 12.1 Å². The SMILES string of the molecule is CCC(O)CNc1cccc(I)c1. The van der Waals surface area contributed by atoms with Crippen molar-refractivity contribution >= 4 is 28.3 Å². The minimum atomic E-state index is -0.252. The van der Waals surface area contributed by atoms with Crippen LogP contribution in [0.1, 0.15) is 13.3 Å². The molecule has 1 atom stereocenters. The molecule has 0 aliphatic heterocycles. The summed E-state index contributed by atoms with van der Waals surface area (Å²) in [6, 6.07) is 8.11. The van der Waals surface area contributed by atoms with E-state index in [1.807, 2.05) is 25.1 Å². The van der Waals surface area contributed by atoms with Gasteiger partial charge in [0.15, 0.2) is 0 Å². The summed E-state index contributed by atoms with van der Waals surface area (Å²) in [5, 5.41) is 12.5. The first-order valence-electron chi connectivity index (χ1n) is 4.40. The molecule has 1 aromatic carbocycles. The molecule has 0 spiro atoms. The van der Waals surface area contributed by atoms with Gasteiger partial charge in [-0.05, 0) is 47.2 Å². The Kier molecular flexibility index (Phi) is 4.52. The average molecular weight is 291 g/mol. The fourth-order valence-corrected chi connectivity index (χ4v) is 1.52.